The number of ether oxygens (including phenoxy) is 2. The second-order valence-corrected chi connectivity index (χ2v) is 5.75. The standard InChI is InChI=1S/C20H24N2O4/c1-4-5-9-19(23)22-17-11-10-15(13-18(17)26-3)21-20(24)14-7-6-8-16(12-14)25-2/h6-8,10-13H,4-5,9H2,1-3H3,(H,21,24)(H,22,23). The van der Waals surface area contributed by atoms with E-state index < -0.39 is 0 Å². The van der Waals surface area contributed by atoms with E-state index in [1.807, 2.05) is 6.92 Å². The number of hydrogen-bond donors (Lipinski definition) is 2. The maximum Gasteiger partial charge on any atom is 0.255 e. The molecule has 0 aliphatic carbocycles. The van der Waals surface area contributed by atoms with Crippen LogP contribution < -0.4 is 20.1 Å². The lowest BCUT2D eigenvalue weighted by molar-refractivity contribution is -0.116. The Morgan fingerprint density at radius 1 is 1.00 bits per heavy atom. The zero-order valence-corrected chi connectivity index (χ0v) is 15.3. The number of carbonyl (C=O) groups is 2. The summed E-state index contributed by atoms with van der Waals surface area (Å²) in [6.07, 6.45) is 2.26. The molecule has 0 saturated carbocycles. The normalized spacial score (nSPS) is 10.1. The largest absolute Gasteiger partial charge is 0.497 e. The fourth-order valence-electron chi connectivity index (χ4n) is 2.39. The van der Waals surface area contributed by atoms with Crippen molar-refractivity contribution in [3.63, 3.8) is 0 Å². The van der Waals surface area contributed by atoms with Gasteiger partial charge in [-0.15, -0.1) is 0 Å². The number of benzene rings is 2. The van der Waals surface area contributed by atoms with Crippen LogP contribution in [0, 0.1) is 0 Å². The van der Waals surface area contributed by atoms with E-state index in [0.717, 1.165) is 12.8 Å². The lowest BCUT2D eigenvalue weighted by atomic mass is 10.2. The summed E-state index contributed by atoms with van der Waals surface area (Å²) < 4.78 is 10.5. The molecule has 0 unspecified atom stereocenters. The van der Waals surface area contributed by atoms with E-state index in [-0.39, 0.29) is 11.8 Å². The Labute approximate surface area is 153 Å². The molecule has 2 amide bonds. The van der Waals surface area contributed by atoms with Gasteiger partial charge in [-0.25, -0.2) is 0 Å². The first-order valence-corrected chi connectivity index (χ1v) is 8.50. The molecule has 6 heteroatoms. The lowest BCUT2D eigenvalue weighted by Gasteiger charge is -2.13. The Kier molecular flexibility index (Phi) is 7.02. The molecular weight excluding hydrogens is 332 g/mol. The van der Waals surface area contributed by atoms with Crippen LogP contribution in [-0.2, 0) is 4.79 Å². The minimum Gasteiger partial charge on any atom is -0.497 e. The Hall–Kier alpha value is -3.02. The third-order valence-corrected chi connectivity index (χ3v) is 3.82. The smallest absolute Gasteiger partial charge is 0.255 e. The van der Waals surface area contributed by atoms with Gasteiger partial charge in [0.1, 0.15) is 11.5 Å². The third-order valence-electron chi connectivity index (χ3n) is 3.82. The number of hydrogen-bond acceptors (Lipinski definition) is 4. The first-order chi connectivity index (χ1) is 12.6. The average molecular weight is 356 g/mol. The molecule has 0 fully saturated rings. The molecular formula is C20H24N2O4. The first kappa shape index (κ1) is 19.3. The number of methoxy groups -OCH3 is 2. The molecule has 0 aliphatic rings. The molecule has 0 atom stereocenters. The Bertz CT molecular complexity index is 774. The van der Waals surface area contributed by atoms with Crippen molar-refractivity contribution in [1.29, 1.82) is 0 Å². The summed E-state index contributed by atoms with van der Waals surface area (Å²) in [5.41, 5.74) is 1.63. The van der Waals surface area contributed by atoms with Crippen molar-refractivity contribution < 1.29 is 19.1 Å². The van der Waals surface area contributed by atoms with Crippen molar-refractivity contribution >= 4 is 23.2 Å². The van der Waals surface area contributed by atoms with E-state index in [0.29, 0.717) is 34.9 Å². The minimum absolute atomic E-state index is 0.0571. The third kappa shape index (κ3) is 5.24. The molecule has 0 radical (unpaired) electrons. The monoisotopic (exact) mass is 356 g/mol. The molecule has 0 saturated heterocycles. The first-order valence-electron chi connectivity index (χ1n) is 8.50. The van der Waals surface area contributed by atoms with Crippen molar-refractivity contribution in [3.8, 4) is 11.5 Å². The van der Waals surface area contributed by atoms with Gasteiger partial charge >= 0.3 is 0 Å². The average Bonchev–Trinajstić information content (AvgIpc) is 2.67. The van der Waals surface area contributed by atoms with Crippen molar-refractivity contribution in [1.82, 2.24) is 0 Å². The van der Waals surface area contributed by atoms with Crippen molar-refractivity contribution in [3.05, 3.63) is 48.0 Å². The summed E-state index contributed by atoms with van der Waals surface area (Å²) in [4.78, 5) is 24.3. The fourth-order valence-corrected chi connectivity index (χ4v) is 2.39. The molecule has 2 aromatic carbocycles. The molecule has 0 aliphatic heterocycles. The molecule has 0 heterocycles. The van der Waals surface area contributed by atoms with Gasteiger partial charge in [0.25, 0.3) is 5.91 Å². The molecule has 26 heavy (non-hydrogen) atoms. The van der Waals surface area contributed by atoms with Gasteiger partial charge in [-0.2, -0.15) is 0 Å². The highest BCUT2D eigenvalue weighted by atomic mass is 16.5. The van der Waals surface area contributed by atoms with Crippen LogP contribution in [-0.4, -0.2) is 26.0 Å². The Morgan fingerprint density at radius 2 is 1.81 bits per heavy atom. The Balaban J connectivity index is 2.10. The summed E-state index contributed by atoms with van der Waals surface area (Å²) in [6, 6.07) is 12.0. The maximum atomic E-state index is 12.4. The SMILES string of the molecule is CCCCC(=O)Nc1ccc(NC(=O)c2cccc(OC)c2)cc1OC. The summed E-state index contributed by atoms with van der Waals surface area (Å²) >= 11 is 0. The molecule has 2 aromatic rings. The van der Waals surface area contributed by atoms with Crippen molar-refractivity contribution in [2.45, 2.75) is 26.2 Å². The highest BCUT2D eigenvalue weighted by Gasteiger charge is 2.11. The molecule has 0 spiro atoms. The molecule has 6 nitrogen and oxygen atoms in total. The van der Waals surface area contributed by atoms with E-state index >= 15 is 0 Å². The van der Waals surface area contributed by atoms with Crippen LogP contribution in [0.5, 0.6) is 11.5 Å². The quantitative estimate of drug-likeness (QED) is 0.747. The highest BCUT2D eigenvalue weighted by Crippen LogP contribution is 2.28. The summed E-state index contributed by atoms with van der Waals surface area (Å²) in [7, 11) is 3.07. The predicted molar refractivity (Wildman–Crippen MR) is 102 cm³/mol. The van der Waals surface area contributed by atoms with Gasteiger partial charge in [0, 0.05) is 23.7 Å². The van der Waals surface area contributed by atoms with Gasteiger partial charge in [-0.3, -0.25) is 9.59 Å². The van der Waals surface area contributed by atoms with Gasteiger partial charge in [0.05, 0.1) is 19.9 Å². The van der Waals surface area contributed by atoms with E-state index in [4.69, 9.17) is 9.47 Å². The topological polar surface area (TPSA) is 76.7 Å². The minimum atomic E-state index is -0.259. The number of amides is 2. The van der Waals surface area contributed by atoms with Gasteiger partial charge in [0.2, 0.25) is 5.91 Å². The zero-order valence-electron chi connectivity index (χ0n) is 15.3. The van der Waals surface area contributed by atoms with Crippen LogP contribution in [0.15, 0.2) is 42.5 Å². The number of nitrogens with one attached hydrogen (secondary N) is 2. The van der Waals surface area contributed by atoms with Gasteiger partial charge in [-0.05, 0) is 36.8 Å². The zero-order chi connectivity index (χ0) is 18.9. The van der Waals surface area contributed by atoms with Crippen LogP contribution >= 0.6 is 0 Å². The lowest BCUT2D eigenvalue weighted by Crippen LogP contribution is -2.14. The molecule has 2 N–H and O–H groups in total. The van der Waals surface area contributed by atoms with Crippen LogP contribution in [0.4, 0.5) is 11.4 Å². The van der Waals surface area contributed by atoms with Crippen molar-refractivity contribution in [2.75, 3.05) is 24.9 Å². The summed E-state index contributed by atoms with van der Waals surface area (Å²) in [5, 5.41) is 5.64. The molecule has 0 bridgehead atoms. The van der Waals surface area contributed by atoms with Gasteiger partial charge in [-0.1, -0.05) is 19.4 Å². The van der Waals surface area contributed by atoms with Crippen LogP contribution in [0.3, 0.4) is 0 Å². The Morgan fingerprint density at radius 3 is 2.50 bits per heavy atom. The number of unbranched alkanes of at least 4 members (excludes halogenated alkanes) is 1. The second kappa shape index (κ2) is 9.46. The number of rotatable bonds is 8. The summed E-state index contributed by atoms with van der Waals surface area (Å²) in [5.74, 6) is 0.780. The molecule has 0 aromatic heterocycles. The van der Waals surface area contributed by atoms with Gasteiger partial charge in [0.15, 0.2) is 0 Å². The van der Waals surface area contributed by atoms with Crippen LogP contribution in [0.25, 0.3) is 0 Å². The van der Waals surface area contributed by atoms with Crippen molar-refractivity contribution in [2.24, 2.45) is 0 Å². The number of carbonyl (C=O) groups excluding carboxylic acids is 2. The highest BCUT2D eigenvalue weighted by molar-refractivity contribution is 6.05. The fraction of sp³-hybridized carbons (Fsp3) is 0.300. The van der Waals surface area contributed by atoms with E-state index in [9.17, 15) is 9.59 Å². The van der Waals surface area contributed by atoms with Crippen LogP contribution in [0.2, 0.25) is 0 Å². The van der Waals surface area contributed by atoms with E-state index in [1.54, 1.807) is 49.6 Å². The predicted octanol–water partition coefficient (Wildman–Crippen LogP) is 4.08. The second-order valence-electron chi connectivity index (χ2n) is 5.75. The molecule has 2 rings (SSSR count). The van der Waals surface area contributed by atoms with Gasteiger partial charge < -0.3 is 20.1 Å². The van der Waals surface area contributed by atoms with Crippen LogP contribution in [0.1, 0.15) is 36.5 Å². The summed E-state index contributed by atoms with van der Waals surface area (Å²) in [6.45, 7) is 2.04. The maximum absolute atomic E-state index is 12.4. The number of anilines is 2. The van der Waals surface area contributed by atoms with E-state index in [2.05, 4.69) is 10.6 Å². The van der Waals surface area contributed by atoms with E-state index in [1.165, 1.54) is 7.11 Å². The molecule has 138 valence electrons.